The van der Waals surface area contributed by atoms with E-state index in [4.69, 9.17) is 17.2 Å². The Morgan fingerprint density at radius 3 is 2.27 bits per heavy atom. The average molecular weight is 297 g/mol. The summed E-state index contributed by atoms with van der Waals surface area (Å²) in [7, 11) is 3.81. The first-order chi connectivity index (χ1) is 10.3. The van der Waals surface area contributed by atoms with Gasteiger partial charge in [-0.2, -0.15) is 0 Å². The van der Waals surface area contributed by atoms with Gasteiger partial charge in [0.05, 0.1) is 16.9 Å². The molecule has 116 valence electrons. The minimum atomic E-state index is -0.660. The Bertz CT molecular complexity index is 777. The predicted octanol–water partition coefficient (Wildman–Crippen LogP) is 2.45. The smallest absolute Gasteiger partial charge is 0.0671 e. The number of nitrogen functional groups attached to an aromatic ring is 2. The van der Waals surface area contributed by atoms with Gasteiger partial charge in [0.15, 0.2) is 0 Å². The molecule has 0 aromatic heterocycles. The fourth-order valence-corrected chi connectivity index (χ4v) is 3.61. The van der Waals surface area contributed by atoms with Crippen molar-refractivity contribution in [2.75, 3.05) is 36.2 Å². The van der Waals surface area contributed by atoms with Crippen LogP contribution in [-0.2, 0) is 5.54 Å². The number of rotatable bonds is 2. The van der Waals surface area contributed by atoms with E-state index in [2.05, 4.69) is 10.6 Å². The Hall–Kier alpha value is -2.40. The molecule has 22 heavy (non-hydrogen) atoms. The van der Waals surface area contributed by atoms with Crippen molar-refractivity contribution in [2.24, 2.45) is 5.73 Å². The molecule has 0 aliphatic heterocycles. The first-order valence-electron chi connectivity index (χ1n) is 7.35. The van der Waals surface area contributed by atoms with Gasteiger partial charge in [0.1, 0.15) is 0 Å². The van der Waals surface area contributed by atoms with Crippen LogP contribution in [0.3, 0.4) is 0 Å². The molecule has 1 aliphatic carbocycles. The number of fused-ring (bicyclic) bond motifs is 3. The third kappa shape index (κ3) is 1.63. The van der Waals surface area contributed by atoms with E-state index in [0.29, 0.717) is 5.69 Å². The van der Waals surface area contributed by atoms with Crippen molar-refractivity contribution < 1.29 is 0 Å². The maximum absolute atomic E-state index is 6.67. The number of hydrogen-bond acceptors (Lipinski definition) is 5. The molecule has 0 radical (unpaired) electrons. The lowest BCUT2D eigenvalue weighted by Crippen LogP contribution is -2.33. The van der Waals surface area contributed by atoms with Crippen LogP contribution in [0.1, 0.15) is 23.6 Å². The molecule has 1 aliphatic rings. The molecule has 1 atom stereocenters. The van der Waals surface area contributed by atoms with Crippen molar-refractivity contribution in [3.63, 3.8) is 0 Å². The minimum absolute atomic E-state index is 0.660. The van der Waals surface area contributed by atoms with Crippen molar-refractivity contribution in [2.45, 2.75) is 19.4 Å². The van der Waals surface area contributed by atoms with Crippen LogP contribution in [0.25, 0.3) is 11.1 Å². The van der Waals surface area contributed by atoms with Crippen LogP contribution in [0.4, 0.5) is 22.7 Å². The zero-order valence-electron chi connectivity index (χ0n) is 13.5. The largest absolute Gasteiger partial charge is 0.399 e. The van der Waals surface area contributed by atoms with Gasteiger partial charge in [-0.05, 0) is 42.7 Å². The van der Waals surface area contributed by atoms with Gasteiger partial charge in [0.25, 0.3) is 0 Å². The van der Waals surface area contributed by atoms with E-state index in [0.717, 1.165) is 44.9 Å². The first kappa shape index (κ1) is 14.5. The highest BCUT2D eigenvalue weighted by atomic mass is 14.9. The van der Waals surface area contributed by atoms with Gasteiger partial charge < -0.3 is 27.8 Å². The number of hydrogen-bond donors (Lipinski definition) is 5. The van der Waals surface area contributed by atoms with Gasteiger partial charge in [-0.1, -0.05) is 6.07 Å². The van der Waals surface area contributed by atoms with Gasteiger partial charge in [-0.3, -0.25) is 0 Å². The second-order valence-electron chi connectivity index (χ2n) is 6.05. The fourth-order valence-electron chi connectivity index (χ4n) is 3.61. The molecule has 2 aromatic rings. The minimum Gasteiger partial charge on any atom is -0.399 e. The quantitative estimate of drug-likeness (QED) is 0.548. The summed E-state index contributed by atoms with van der Waals surface area (Å²) in [5.41, 5.74) is 27.0. The fraction of sp³-hybridized carbons (Fsp3) is 0.294. The lowest BCUT2D eigenvalue weighted by Gasteiger charge is -2.26. The van der Waals surface area contributed by atoms with Crippen molar-refractivity contribution in [3.05, 3.63) is 34.9 Å². The van der Waals surface area contributed by atoms with E-state index in [1.807, 2.05) is 46.1 Å². The topological polar surface area (TPSA) is 102 Å². The van der Waals surface area contributed by atoms with Gasteiger partial charge in [-0.15, -0.1) is 0 Å². The number of benzene rings is 2. The predicted molar refractivity (Wildman–Crippen MR) is 95.2 cm³/mol. The van der Waals surface area contributed by atoms with Gasteiger partial charge in [-0.25, -0.2) is 0 Å². The van der Waals surface area contributed by atoms with Crippen LogP contribution in [0, 0.1) is 6.92 Å². The zero-order valence-corrected chi connectivity index (χ0v) is 13.5. The van der Waals surface area contributed by atoms with Crippen molar-refractivity contribution >= 4 is 22.7 Å². The Morgan fingerprint density at radius 2 is 1.68 bits per heavy atom. The van der Waals surface area contributed by atoms with Crippen LogP contribution in [0.5, 0.6) is 0 Å². The Balaban J connectivity index is 2.50. The summed E-state index contributed by atoms with van der Waals surface area (Å²) in [6.07, 6.45) is 0. The molecule has 0 saturated heterocycles. The van der Waals surface area contributed by atoms with Crippen LogP contribution < -0.4 is 27.8 Å². The lowest BCUT2D eigenvalue weighted by molar-refractivity contribution is 0.623. The Labute approximate surface area is 130 Å². The second-order valence-corrected chi connectivity index (χ2v) is 6.05. The molecule has 5 nitrogen and oxygen atoms in total. The molecule has 0 fully saturated rings. The molecule has 0 spiro atoms. The van der Waals surface area contributed by atoms with Gasteiger partial charge >= 0.3 is 0 Å². The summed E-state index contributed by atoms with van der Waals surface area (Å²) < 4.78 is 0. The third-order valence-electron chi connectivity index (χ3n) is 4.69. The molecule has 0 saturated carbocycles. The molecule has 3 rings (SSSR count). The summed E-state index contributed by atoms with van der Waals surface area (Å²) in [5.74, 6) is 0. The highest BCUT2D eigenvalue weighted by Gasteiger charge is 2.41. The van der Waals surface area contributed by atoms with Crippen LogP contribution >= 0.6 is 0 Å². The molecule has 0 amide bonds. The molecule has 8 N–H and O–H groups in total. The maximum atomic E-state index is 6.67. The van der Waals surface area contributed by atoms with E-state index < -0.39 is 5.54 Å². The first-order valence-corrected chi connectivity index (χ1v) is 7.35. The third-order valence-corrected chi connectivity index (χ3v) is 4.69. The van der Waals surface area contributed by atoms with Crippen molar-refractivity contribution in [3.8, 4) is 11.1 Å². The molecule has 1 unspecified atom stereocenters. The molecule has 0 heterocycles. The lowest BCUT2D eigenvalue weighted by atomic mass is 9.87. The zero-order chi connectivity index (χ0) is 16.2. The average Bonchev–Trinajstić information content (AvgIpc) is 2.70. The summed E-state index contributed by atoms with van der Waals surface area (Å²) >= 11 is 0. The summed E-state index contributed by atoms with van der Waals surface area (Å²) in [5, 5.41) is 6.55. The molecule has 2 aromatic carbocycles. The van der Waals surface area contributed by atoms with Crippen LogP contribution in [-0.4, -0.2) is 14.1 Å². The number of nitrogens with two attached hydrogens (primary N) is 3. The highest BCUT2D eigenvalue weighted by molar-refractivity contribution is 6.01. The van der Waals surface area contributed by atoms with Crippen LogP contribution in [0.2, 0.25) is 0 Å². The maximum Gasteiger partial charge on any atom is 0.0671 e. The normalized spacial score (nSPS) is 18.8. The standard InChI is InChI=1S/C17H23N5/c1-8-14(19)13-12(16(22-4)15(8)21-3)10-6-5-9(18)7-11(10)17(13,2)20/h5-7,21-22H,18-20H2,1-4H3. The van der Waals surface area contributed by atoms with E-state index in [9.17, 15) is 0 Å². The van der Waals surface area contributed by atoms with Crippen molar-refractivity contribution in [1.29, 1.82) is 0 Å². The SMILES string of the molecule is CNc1c(C)c(N)c2c(c1NC)-c1ccc(N)cc1C2(C)N. The molecular formula is C17H23N5. The van der Waals surface area contributed by atoms with E-state index in [-0.39, 0.29) is 0 Å². The number of nitrogens with one attached hydrogen (secondary N) is 2. The summed E-state index contributed by atoms with van der Waals surface area (Å²) in [4.78, 5) is 0. The molecular weight excluding hydrogens is 274 g/mol. The van der Waals surface area contributed by atoms with Crippen LogP contribution in [0.15, 0.2) is 18.2 Å². The summed E-state index contributed by atoms with van der Waals surface area (Å²) in [6.45, 7) is 4.00. The second kappa shape index (κ2) is 4.55. The van der Waals surface area contributed by atoms with Gasteiger partial charge in [0.2, 0.25) is 0 Å². The van der Waals surface area contributed by atoms with E-state index in [1.165, 1.54) is 0 Å². The van der Waals surface area contributed by atoms with E-state index in [1.54, 1.807) is 0 Å². The number of anilines is 4. The van der Waals surface area contributed by atoms with E-state index >= 15 is 0 Å². The summed E-state index contributed by atoms with van der Waals surface area (Å²) in [6, 6.07) is 5.87. The molecule has 5 heteroatoms. The van der Waals surface area contributed by atoms with Gasteiger partial charge in [0, 0.05) is 36.6 Å². The highest BCUT2D eigenvalue weighted by Crippen LogP contribution is 2.55. The monoisotopic (exact) mass is 297 g/mol. The molecule has 0 bridgehead atoms. The Morgan fingerprint density at radius 1 is 1.05 bits per heavy atom. The Kier molecular flexibility index (Phi) is 3.00. The van der Waals surface area contributed by atoms with Crippen molar-refractivity contribution in [1.82, 2.24) is 0 Å².